The van der Waals surface area contributed by atoms with E-state index in [0.717, 1.165) is 18.7 Å². The quantitative estimate of drug-likeness (QED) is 0.594. The van der Waals surface area contributed by atoms with Crippen molar-refractivity contribution in [2.75, 3.05) is 45.9 Å². The number of amides is 2. The monoisotopic (exact) mass is 335 g/mol. The Kier molecular flexibility index (Phi) is 7.67. The van der Waals surface area contributed by atoms with Gasteiger partial charge in [0.2, 0.25) is 0 Å². The number of hydrogen-bond acceptors (Lipinski definition) is 5. The van der Waals surface area contributed by atoms with E-state index >= 15 is 0 Å². The van der Waals surface area contributed by atoms with Crippen LogP contribution >= 0.6 is 0 Å². The lowest BCUT2D eigenvalue weighted by atomic mass is 10.1. The van der Waals surface area contributed by atoms with E-state index in [4.69, 9.17) is 4.74 Å². The van der Waals surface area contributed by atoms with Crippen LogP contribution in [0.25, 0.3) is 0 Å². The highest BCUT2D eigenvalue weighted by Gasteiger charge is 2.15. The minimum Gasteiger partial charge on any atom is -0.388 e. The zero-order valence-corrected chi connectivity index (χ0v) is 13.7. The highest BCUT2D eigenvalue weighted by Crippen LogP contribution is 2.14. The molecule has 0 bridgehead atoms. The molecule has 0 aliphatic carbocycles. The number of rotatable bonds is 7. The van der Waals surface area contributed by atoms with Gasteiger partial charge in [-0.25, -0.2) is 0 Å². The molecule has 1 saturated heterocycles. The fourth-order valence-corrected chi connectivity index (χ4v) is 2.48. The van der Waals surface area contributed by atoms with Crippen LogP contribution in [0.5, 0.6) is 0 Å². The van der Waals surface area contributed by atoms with Gasteiger partial charge in [0.05, 0.1) is 19.3 Å². The number of hydrogen-bond donors (Lipinski definition) is 3. The average Bonchev–Trinajstić information content (AvgIpc) is 2.63. The van der Waals surface area contributed by atoms with E-state index in [0.29, 0.717) is 32.7 Å². The van der Waals surface area contributed by atoms with Crippen LogP contribution in [0, 0.1) is 0 Å². The maximum absolute atomic E-state index is 11.7. The summed E-state index contributed by atoms with van der Waals surface area (Å²) in [6, 6.07) is 9.22. The Morgan fingerprint density at radius 3 is 2.38 bits per heavy atom. The number of ether oxygens (including phenoxy) is 1. The smallest absolute Gasteiger partial charge is 0.309 e. The Labute approximate surface area is 142 Å². The molecular formula is C17H25N3O4. The molecule has 1 fully saturated rings. The summed E-state index contributed by atoms with van der Waals surface area (Å²) in [5.41, 5.74) is 0.793. The summed E-state index contributed by atoms with van der Waals surface area (Å²) in [6.45, 7) is 4.48. The Morgan fingerprint density at radius 2 is 1.71 bits per heavy atom. The van der Waals surface area contributed by atoms with Gasteiger partial charge in [0.25, 0.3) is 0 Å². The van der Waals surface area contributed by atoms with E-state index in [9.17, 15) is 14.7 Å². The maximum Gasteiger partial charge on any atom is 0.309 e. The molecule has 7 nitrogen and oxygen atoms in total. The molecule has 0 radical (unpaired) electrons. The molecule has 1 aliphatic heterocycles. The van der Waals surface area contributed by atoms with Crippen LogP contribution in [-0.2, 0) is 14.3 Å². The summed E-state index contributed by atoms with van der Waals surface area (Å²) >= 11 is 0. The molecule has 1 aromatic rings. The minimum atomic E-state index is -0.669. The Bertz CT molecular complexity index is 518. The number of aliphatic hydroxyl groups excluding tert-OH is 1. The van der Waals surface area contributed by atoms with Gasteiger partial charge in [-0.05, 0) is 12.0 Å². The largest absolute Gasteiger partial charge is 0.388 e. The number of benzene rings is 1. The van der Waals surface area contributed by atoms with E-state index in [1.54, 1.807) is 0 Å². The Balaban J connectivity index is 1.58. The third-order valence-electron chi connectivity index (χ3n) is 3.91. The number of nitrogens with zero attached hydrogens (tertiary/aromatic N) is 1. The standard InChI is InChI=1S/C17H25N3O4/c21-15(14-4-2-1-3-5-14)6-7-18-16(22)17(23)19-8-9-20-10-12-24-13-11-20/h1-5,15,21H,6-13H2,(H,18,22)(H,19,23). The van der Waals surface area contributed by atoms with Crippen molar-refractivity contribution >= 4 is 11.8 Å². The van der Waals surface area contributed by atoms with Gasteiger partial charge in [-0.15, -0.1) is 0 Å². The van der Waals surface area contributed by atoms with Crippen molar-refractivity contribution in [3.8, 4) is 0 Å². The van der Waals surface area contributed by atoms with Gasteiger partial charge in [-0.1, -0.05) is 30.3 Å². The van der Waals surface area contributed by atoms with Gasteiger partial charge in [0.15, 0.2) is 0 Å². The number of carbonyl (C=O) groups excluding carboxylic acids is 2. The van der Waals surface area contributed by atoms with Crippen LogP contribution in [0.1, 0.15) is 18.1 Å². The minimum absolute atomic E-state index is 0.242. The van der Waals surface area contributed by atoms with E-state index in [1.165, 1.54) is 0 Å². The first-order valence-corrected chi connectivity index (χ1v) is 8.26. The maximum atomic E-state index is 11.7. The molecule has 3 N–H and O–H groups in total. The lowest BCUT2D eigenvalue weighted by Crippen LogP contribution is -2.45. The number of aliphatic hydroxyl groups is 1. The fraction of sp³-hybridized carbons (Fsp3) is 0.529. The first kappa shape index (κ1) is 18.4. The van der Waals surface area contributed by atoms with Crippen molar-refractivity contribution in [3.05, 3.63) is 35.9 Å². The predicted octanol–water partition coefficient (Wildman–Crippen LogP) is -0.325. The van der Waals surface area contributed by atoms with Crippen LogP contribution in [0.3, 0.4) is 0 Å². The molecule has 1 unspecified atom stereocenters. The first-order chi connectivity index (χ1) is 11.7. The molecule has 1 atom stereocenters. The second-order valence-corrected chi connectivity index (χ2v) is 5.68. The van der Waals surface area contributed by atoms with Crippen LogP contribution < -0.4 is 10.6 Å². The van der Waals surface area contributed by atoms with Crippen LogP contribution in [0.15, 0.2) is 30.3 Å². The molecule has 7 heteroatoms. The van der Waals surface area contributed by atoms with Crippen molar-refractivity contribution in [3.63, 3.8) is 0 Å². The van der Waals surface area contributed by atoms with Gasteiger partial charge in [0, 0.05) is 32.7 Å². The van der Waals surface area contributed by atoms with Crippen molar-refractivity contribution in [1.82, 2.24) is 15.5 Å². The molecule has 0 saturated carbocycles. The summed E-state index contributed by atoms with van der Waals surface area (Å²) in [6.07, 6.45) is -0.299. The molecule has 1 aromatic carbocycles. The molecule has 132 valence electrons. The number of morpholine rings is 1. The molecule has 1 aliphatic rings. The third kappa shape index (κ3) is 6.27. The van der Waals surface area contributed by atoms with Crippen molar-refractivity contribution in [1.29, 1.82) is 0 Å². The zero-order valence-electron chi connectivity index (χ0n) is 13.7. The summed E-state index contributed by atoms with van der Waals surface area (Å²) in [5.74, 6) is -1.31. The summed E-state index contributed by atoms with van der Waals surface area (Å²) in [5, 5.41) is 15.1. The predicted molar refractivity (Wildman–Crippen MR) is 89.3 cm³/mol. The van der Waals surface area contributed by atoms with Gasteiger partial charge in [-0.2, -0.15) is 0 Å². The summed E-state index contributed by atoms with van der Waals surface area (Å²) < 4.78 is 5.25. The van der Waals surface area contributed by atoms with Crippen molar-refractivity contribution < 1.29 is 19.4 Å². The Morgan fingerprint density at radius 1 is 1.08 bits per heavy atom. The van der Waals surface area contributed by atoms with E-state index in [-0.39, 0.29) is 6.54 Å². The normalized spacial score (nSPS) is 16.4. The van der Waals surface area contributed by atoms with Crippen LogP contribution in [0.4, 0.5) is 0 Å². The summed E-state index contributed by atoms with van der Waals surface area (Å²) in [7, 11) is 0. The van der Waals surface area contributed by atoms with Gasteiger partial charge in [0.1, 0.15) is 0 Å². The second-order valence-electron chi connectivity index (χ2n) is 5.68. The van der Waals surface area contributed by atoms with E-state index < -0.39 is 17.9 Å². The first-order valence-electron chi connectivity index (χ1n) is 8.26. The Hall–Kier alpha value is -1.96. The average molecular weight is 335 g/mol. The van der Waals surface area contributed by atoms with E-state index in [1.807, 2.05) is 30.3 Å². The van der Waals surface area contributed by atoms with Crippen molar-refractivity contribution in [2.24, 2.45) is 0 Å². The molecule has 2 rings (SSSR count). The second kappa shape index (κ2) is 10.0. The van der Waals surface area contributed by atoms with Gasteiger partial charge >= 0.3 is 11.8 Å². The number of carbonyl (C=O) groups is 2. The SMILES string of the molecule is O=C(NCCC(O)c1ccccc1)C(=O)NCCN1CCOCC1. The molecule has 0 aromatic heterocycles. The van der Waals surface area contributed by atoms with Crippen LogP contribution in [-0.4, -0.2) is 67.8 Å². The highest BCUT2D eigenvalue weighted by molar-refractivity contribution is 6.35. The molecular weight excluding hydrogens is 310 g/mol. The molecule has 1 heterocycles. The molecule has 0 spiro atoms. The third-order valence-corrected chi connectivity index (χ3v) is 3.91. The topological polar surface area (TPSA) is 90.9 Å². The van der Waals surface area contributed by atoms with Gasteiger partial charge in [-0.3, -0.25) is 14.5 Å². The fourth-order valence-electron chi connectivity index (χ4n) is 2.48. The lowest BCUT2D eigenvalue weighted by Gasteiger charge is -2.26. The lowest BCUT2D eigenvalue weighted by molar-refractivity contribution is -0.139. The summed E-state index contributed by atoms with van der Waals surface area (Å²) in [4.78, 5) is 25.6. The molecule has 2 amide bonds. The highest BCUT2D eigenvalue weighted by atomic mass is 16.5. The van der Waals surface area contributed by atoms with E-state index in [2.05, 4.69) is 15.5 Å². The van der Waals surface area contributed by atoms with Crippen LogP contribution in [0.2, 0.25) is 0 Å². The van der Waals surface area contributed by atoms with Crippen molar-refractivity contribution in [2.45, 2.75) is 12.5 Å². The molecule has 24 heavy (non-hydrogen) atoms. The zero-order chi connectivity index (χ0) is 17.2. The van der Waals surface area contributed by atoms with Gasteiger partial charge < -0.3 is 20.5 Å². The number of nitrogens with one attached hydrogen (secondary N) is 2.